The Balaban J connectivity index is 1.67. The number of unbranched alkanes of at least 4 members (excludes halogenated alkanes) is 5. The molecule has 0 aliphatic rings. The first-order valence-electron chi connectivity index (χ1n) is 10.4. The third kappa shape index (κ3) is 8.08. The quantitative estimate of drug-likeness (QED) is 0.232. The van der Waals surface area contributed by atoms with Gasteiger partial charge >= 0.3 is 5.97 Å². The van der Waals surface area contributed by atoms with E-state index in [1.54, 1.807) is 6.92 Å². The molecule has 0 bridgehead atoms. The average Bonchev–Trinajstić information content (AvgIpc) is 2.72. The fraction of sp³-hybridized carbons (Fsp3) is 0.400. The molecule has 0 heterocycles. The maximum absolute atomic E-state index is 13.9. The van der Waals surface area contributed by atoms with Crippen molar-refractivity contribution in [2.24, 2.45) is 0 Å². The molecule has 0 atom stereocenters. The van der Waals surface area contributed by atoms with Gasteiger partial charge in [0.2, 0.25) is 5.83 Å². The Morgan fingerprint density at radius 2 is 1.46 bits per heavy atom. The van der Waals surface area contributed by atoms with E-state index in [4.69, 9.17) is 4.74 Å². The van der Waals surface area contributed by atoms with Crippen LogP contribution in [0, 0.1) is 0 Å². The summed E-state index contributed by atoms with van der Waals surface area (Å²) in [5, 5.41) is 0. The van der Waals surface area contributed by atoms with E-state index in [0.717, 1.165) is 30.4 Å². The summed E-state index contributed by atoms with van der Waals surface area (Å²) in [4.78, 5) is 11.5. The maximum atomic E-state index is 13.9. The summed E-state index contributed by atoms with van der Waals surface area (Å²) < 4.78 is 18.6. The van der Waals surface area contributed by atoms with Crippen molar-refractivity contribution in [1.82, 2.24) is 0 Å². The SMILES string of the molecule is CCOC(=O)C(F)=Cc1ccccc1CCCCCCCCc1ccccc1. The van der Waals surface area contributed by atoms with E-state index in [9.17, 15) is 9.18 Å². The van der Waals surface area contributed by atoms with Crippen molar-refractivity contribution in [2.45, 2.75) is 58.3 Å². The van der Waals surface area contributed by atoms with Crippen molar-refractivity contribution in [1.29, 1.82) is 0 Å². The standard InChI is InChI=1S/C25H31FO2/c1-2-28-25(27)24(26)20-23-19-13-12-18-22(23)17-11-6-4-3-5-8-14-21-15-9-7-10-16-21/h7,9-10,12-13,15-16,18-20H,2-6,8,11,14,17H2,1H3. The number of aryl methyl sites for hydroxylation is 2. The minimum Gasteiger partial charge on any atom is -0.461 e. The Morgan fingerprint density at radius 3 is 2.18 bits per heavy atom. The van der Waals surface area contributed by atoms with E-state index in [1.807, 2.05) is 24.3 Å². The van der Waals surface area contributed by atoms with Gasteiger partial charge in [-0.2, -0.15) is 4.39 Å². The Kier molecular flexibility index (Phi) is 10.1. The smallest absolute Gasteiger partial charge is 0.367 e. The van der Waals surface area contributed by atoms with Crippen LogP contribution in [0.5, 0.6) is 0 Å². The van der Waals surface area contributed by atoms with E-state index in [2.05, 4.69) is 30.3 Å². The molecule has 3 heteroatoms. The lowest BCUT2D eigenvalue weighted by Gasteiger charge is -2.07. The van der Waals surface area contributed by atoms with Crippen molar-refractivity contribution >= 4 is 12.0 Å². The summed E-state index contributed by atoms with van der Waals surface area (Å²) in [6.45, 7) is 1.84. The number of hydrogen-bond donors (Lipinski definition) is 0. The fourth-order valence-electron chi connectivity index (χ4n) is 3.29. The van der Waals surface area contributed by atoms with Gasteiger partial charge in [-0.15, -0.1) is 0 Å². The van der Waals surface area contributed by atoms with Gasteiger partial charge in [0, 0.05) is 0 Å². The zero-order valence-electron chi connectivity index (χ0n) is 16.8. The molecule has 0 unspecified atom stereocenters. The monoisotopic (exact) mass is 382 g/mol. The number of halogens is 1. The Hall–Kier alpha value is -2.42. The van der Waals surface area contributed by atoms with Crippen LogP contribution in [0.3, 0.4) is 0 Å². The van der Waals surface area contributed by atoms with Gasteiger partial charge in [0.1, 0.15) is 0 Å². The molecule has 0 radical (unpaired) electrons. The van der Waals surface area contributed by atoms with Gasteiger partial charge in [-0.25, -0.2) is 4.79 Å². The van der Waals surface area contributed by atoms with Crippen LogP contribution in [-0.2, 0) is 22.4 Å². The summed E-state index contributed by atoms with van der Waals surface area (Å²) in [6, 6.07) is 18.3. The molecular formula is C25H31FO2. The van der Waals surface area contributed by atoms with Crippen LogP contribution >= 0.6 is 0 Å². The van der Waals surface area contributed by atoms with Gasteiger partial charge in [-0.1, -0.05) is 80.3 Å². The Morgan fingerprint density at radius 1 is 0.857 bits per heavy atom. The third-order valence-corrected chi connectivity index (χ3v) is 4.81. The van der Waals surface area contributed by atoms with Gasteiger partial charge in [0.15, 0.2) is 0 Å². The van der Waals surface area contributed by atoms with Crippen LogP contribution in [-0.4, -0.2) is 12.6 Å². The predicted molar refractivity (Wildman–Crippen MR) is 114 cm³/mol. The molecule has 0 saturated heterocycles. The molecule has 2 nitrogen and oxygen atoms in total. The van der Waals surface area contributed by atoms with E-state index in [-0.39, 0.29) is 6.61 Å². The summed E-state index contributed by atoms with van der Waals surface area (Å²) in [7, 11) is 0. The lowest BCUT2D eigenvalue weighted by molar-refractivity contribution is -0.140. The third-order valence-electron chi connectivity index (χ3n) is 4.81. The van der Waals surface area contributed by atoms with Crippen LogP contribution < -0.4 is 0 Å². The Labute approximate surface area is 168 Å². The number of hydrogen-bond acceptors (Lipinski definition) is 2. The molecule has 0 aliphatic heterocycles. The van der Waals surface area contributed by atoms with E-state index >= 15 is 0 Å². The number of carbonyl (C=O) groups excluding carboxylic acids is 1. The van der Waals surface area contributed by atoms with E-state index in [0.29, 0.717) is 0 Å². The van der Waals surface area contributed by atoms with Crippen LogP contribution in [0.4, 0.5) is 4.39 Å². The highest BCUT2D eigenvalue weighted by Crippen LogP contribution is 2.18. The first kappa shape index (κ1) is 21.9. The summed E-state index contributed by atoms with van der Waals surface area (Å²) >= 11 is 0. The molecule has 0 aromatic heterocycles. The molecule has 2 rings (SSSR count). The zero-order valence-corrected chi connectivity index (χ0v) is 16.8. The largest absolute Gasteiger partial charge is 0.461 e. The first-order chi connectivity index (χ1) is 13.7. The normalized spacial score (nSPS) is 11.4. The number of benzene rings is 2. The highest BCUT2D eigenvalue weighted by molar-refractivity contribution is 5.91. The van der Waals surface area contributed by atoms with Gasteiger partial charge < -0.3 is 4.74 Å². The first-order valence-corrected chi connectivity index (χ1v) is 10.4. The molecule has 2 aromatic carbocycles. The molecule has 0 amide bonds. The summed E-state index contributed by atoms with van der Waals surface area (Å²) in [6.07, 6.45) is 10.6. The molecule has 0 saturated carbocycles. The van der Waals surface area contributed by atoms with Crippen molar-refractivity contribution in [2.75, 3.05) is 6.61 Å². The van der Waals surface area contributed by atoms with Gasteiger partial charge in [-0.05, 0) is 55.4 Å². The van der Waals surface area contributed by atoms with Crippen LogP contribution in [0.15, 0.2) is 60.4 Å². The average molecular weight is 383 g/mol. The topological polar surface area (TPSA) is 26.3 Å². The second kappa shape index (κ2) is 12.9. The molecular weight excluding hydrogens is 351 g/mol. The van der Waals surface area contributed by atoms with Gasteiger partial charge in [0.05, 0.1) is 6.61 Å². The van der Waals surface area contributed by atoms with Crippen molar-refractivity contribution in [3.8, 4) is 0 Å². The lowest BCUT2D eigenvalue weighted by atomic mass is 9.99. The van der Waals surface area contributed by atoms with E-state index < -0.39 is 11.8 Å². The van der Waals surface area contributed by atoms with Gasteiger partial charge in [0.25, 0.3) is 0 Å². The number of rotatable bonds is 12. The second-order valence-electron chi connectivity index (χ2n) is 7.02. The Bertz CT molecular complexity index is 737. The predicted octanol–water partition coefficient (Wildman–Crippen LogP) is 6.69. The minimum atomic E-state index is -0.896. The molecule has 0 aliphatic carbocycles. The van der Waals surface area contributed by atoms with Crippen molar-refractivity contribution in [3.63, 3.8) is 0 Å². The van der Waals surface area contributed by atoms with Crippen LogP contribution in [0.25, 0.3) is 6.08 Å². The van der Waals surface area contributed by atoms with Crippen LogP contribution in [0.1, 0.15) is 62.1 Å². The highest BCUT2D eigenvalue weighted by atomic mass is 19.1. The van der Waals surface area contributed by atoms with Crippen molar-refractivity contribution in [3.05, 3.63) is 77.1 Å². The fourth-order valence-corrected chi connectivity index (χ4v) is 3.29. The van der Waals surface area contributed by atoms with E-state index in [1.165, 1.54) is 43.7 Å². The number of carbonyl (C=O) groups is 1. The molecule has 0 N–H and O–H groups in total. The van der Waals surface area contributed by atoms with Crippen molar-refractivity contribution < 1.29 is 13.9 Å². The number of ether oxygens (including phenoxy) is 1. The minimum absolute atomic E-state index is 0.174. The molecule has 0 fully saturated rings. The molecule has 28 heavy (non-hydrogen) atoms. The van der Waals surface area contributed by atoms with Gasteiger partial charge in [-0.3, -0.25) is 0 Å². The summed E-state index contributed by atoms with van der Waals surface area (Å²) in [5.74, 6) is -1.74. The highest BCUT2D eigenvalue weighted by Gasteiger charge is 2.10. The second-order valence-corrected chi connectivity index (χ2v) is 7.02. The van der Waals surface area contributed by atoms with Crippen LogP contribution in [0.2, 0.25) is 0 Å². The lowest BCUT2D eigenvalue weighted by Crippen LogP contribution is -2.04. The maximum Gasteiger partial charge on any atom is 0.367 e. The molecule has 150 valence electrons. The molecule has 2 aromatic rings. The summed E-state index contributed by atoms with van der Waals surface area (Å²) in [5.41, 5.74) is 3.25. The zero-order chi connectivity index (χ0) is 20.0. The molecule has 0 spiro atoms. The number of esters is 1.